The maximum atomic E-state index is 12.2. The lowest BCUT2D eigenvalue weighted by Crippen LogP contribution is -2.24. The second-order valence-electron chi connectivity index (χ2n) is 5.19. The first-order chi connectivity index (χ1) is 11.7. The van der Waals surface area contributed by atoms with Gasteiger partial charge >= 0.3 is 0 Å². The number of aromatic nitrogens is 1. The van der Waals surface area contributed by atoms with E-state index in [9.17, 15) is 13.2 Å². The molecule has 0 unspecified atom stereocenters. The van der Waals surface area contributed by atoms with Crippen molar-refractivity contribution in [3.8, 4) is 0 Å². The van der Waals surface area contributed by atoms with Crippen molar-refractivity contribution >= 4 is 33.5 Å². The fourth-order valence-corrected chi connectivity index (χ4v) is 4.34. The molecule has 0 atom stereocenters. The highest BCUT2D eigenvalue weighted by molar-refractivity contribution is 8.00. The van der Waals surface area contributed by atoms with Crippen LogP contribution in [0.5, 0.6) is 0 Å². The third-order valence-corrected chi connectivity index (χ3v) is 5.54. The minimum absolute atomic E-state index is 0.0366. The maximum absolute atomic E-state index is 12.2. The molecule has 1 heterocycles. The smallest absolute Gasteiger partial charge is 0.280 e. The van der Waals surface area contributed by atoms with E-state index in [1.165, 1.54) is 17.8 Å². The Balaban J connectivity index is 2.64. The topological polar surface area (TPSA) is 128 Å². The van der Waals surface area contributed by atoms with Gasteiger partial charge in [-0.1, -0.05) is 24.8 Å². The van der Waals surface area contributed by atoms with Crippen LogP contribution in [0, 0.1) is 0 Å². The van der Waals surface area contributed by atoms with E-state index < -0.39 is 15.7 Å². The molecule has 0 saturated carbocycles. The van der Waals surface area contributed by atoms with E-state index in [4.69, 9.17) is 11.5 Å². The molecule has 7 nitrogen and oxygen atoms in total. The zero-order chi connectivity index (χ0) is 18.6. The first-order valence-electron chi connectivity index (χ1n) is 7.32. The van der Waals surface area contributed by atoms with E-state index in [1.54, 1.807) is 24.4 Å². The standard InChI is InChI=1S/C16H18N4O3S2/c1-3-10-8-12(24-14-6-4-5-7-19-14)13(25(2,22)23)9-11(10)15(21)20-16(17)18/h4-9H,3H2,1-2H3,(H4,17,18,20,21). The number of sulfone groups is 1. The van der Waals surface area contributed by atoms with Gasteiger partial charge in [0.25, 0.3) is 5.91 Å². The summed E-state index contributed by atoms with van der Waals surface area (Å²) in [5.74, 6) is -1.05. The second kappa shape index (κ2) is 7.66. The number of hydrogen-bond acceptors (Lipinski definition) is 5. The van der Waals surface area contributed by atoms with Crippen molar-refractivity contribution in [2.75, 3.05) is 6.26 Å². The zero-order valence-electron chi connectivity index (χ0n) is 13.8. The number of nitrogens with two attached hydrogens (primary N) is 2. The molecule has 1 aromatic heterocycles. The summed E-state index contributed by atoms with van der Waals surface area (Å²) in [6, 6.07) is 8.36. The summed E-state index contributed by atoms with van der Waals surface area (Å²) in [7, 11) is -3.57. The molecule has 0 aliphatic carbocycles. The van der Waals surface area contributed by atoms with Gasteiger partial charge in [-0.15, -0.1) is 0 Å². The Bertz CT molecular complexity index is 922. The number of rotatable bonds is 5. The van der Waals surface area contributed by atoms with Crippen molar-refractivity contribution in [1.82, 2.24) is 4.98 Å². The highest BCUT2D eigenvalue weighted by Gasteiger charge is 2.21. The number of benzene rings is 1. The Morgan fingerprint density at radius 2 is 2.00 bits per heavy atom. The van der Waals surface area contributed by atoms with Crippen LogP contribution >= 0.6 is 11.8 Å². The molecular formula is C16H18N4O3S2. The molecule has 0 bridgehead atoms. The van der Waals surface area contributed by atoms with E-state index in [0.29, 0.717) is 21.9 Å². The quantitative estimate of drug-likeness (QED) is 0.597. The van der Waals surface area contributed by atoms with Gasteiger partial charge in [0.15, 0.2) is 15.8 Å². The summed E-state index contributed by atoms with van der Waals surface area (Å²) in [5, 5.41) is 0.651. The van der Waals surface area contributed by atoms with Crippen molar-refractivity contribution in [3.05, 3.63) is 47.7 Å². The largest absolute Gasteiger partial charge is 0.370 e. The van der Waals surface area contributed by atoms with Crippen LogP contribution in [-0.2, 0) is 16.3 Å². The van der Waals surface area contributed by atoms with Crippen LogP contribution in [0.4, 0.5) is 0 Å². The van der Waals surface area contributed by atoms with E-state index >= 15 is 0 Å². The highest BCUT2D eigenvalue weighted by atomic mass is 32.2. The molecule has 2 rings (SSSR count). The monoisotopic (exact) mass is 378 g/mol. The Labute approximate surface area is 150 Å². The molecule has 25 heavy (non-hydrogen) atoms. The number of hydrogen-bond donors (Lipinski definition) is 2. The van der Waals surface area contributed by atoms with Crippen LogP contribution in [0.15, 0.2) is 56.3 Å². The molecule has 2 aromatic rings. The molecule has 1 aromatic carbocycles. The predicted molar refractivity (Wildman–Crippen MR) is 97.4 cm³/mol. The van der Waals surface area contributed by atoms with Gasteiger partial charge in [-0.25, -0.2) is 13.4 Å². The minimum atomic E-state index is -3.57. The summed E-state index contributed by atoms with van der Waals surface area (Å²) in [4.78, 5) is 20.5. The summed E-state index contributed by atoms with van der Waals surface area (Å²) < 4.78 is 24.4. The number of aryl methyl sites for hydroxylation is 1. The van der Waals surface area contributed by atoms with E-state index in [1.807, 2.05) is 13.0 Å². The Morgan fingerprint density at radius 3 is 2.52 bits per heavy atom. The van der Waals surface area contributed by atoms with Gasteiger partial charge in [-0.05, 0) is 36.2 Å². The molecule has 0 saturated heterocycles. The van der Waals surface area contributed by atoms with Crippen LogP contribution in [0.1, 0.15) is 22.8 Å². The van der Waals surface area contributed by atoms with Gasteiger partial charge < -0.3 is 11.5 Å². The number of nitrogens with zero attached hydrogens (tertiary/aromatic N) is 2. The van der Waals surface area contributed by atoms with Gasteiger partial charge in [0.2, 0.25) is 0 Å². The SMILES string of the molecule is CCc1cc(Sc2ccccn2)c(S(C)(=O)=O)cc1C(=O)N=C(N)N. The van der Waals surface area contributed by atoms with Crippen LogP contribution in [0.25, 0.3) is 0 Å². The van der Waals surface area contributed by atoms with Crippen molar-refractivity contribution in [2.24, 2.45) is 16.5 Å². The number of pyridine rings is 1. The summed E-state index contributed by atoms with van der Waals surface area (Å²) in [6.45, 7) is 1.86. The van der Waals surface area contributed by atoms with Crippen LogP contribution in [0.3, 0.4) is 0 Å². The van der Waals surface area contributed by atoms with E-state index in [0.717, 1.165) is 6.26 Å². The Kier molecular flexibility index (Phi) is 5.81. The van der Waals surface area contributed by atoms with Crippen molar-refractivity contribution in [1.29, 1.82) is 0 Å². The maximum Gasteiger partial charge on any atom is 0.280 e. The Morgan fingerprint density at radius 1 is 1.28 bits per heavy atom. The zero-order valence-corrected chi connectivity index (χ0v) is 15.4. The highest BCUT2D eigenvalue weighted by Crippen LogP contribution is 2.34. The number of carbonyl (C=O) groups is 1. The van der Waals surface area contributed by atoms with E-state index in [2.05, 4.69) is 9.98 Å². The lowest BCUT2D eigenvalue weighted by molar-refractivity contribution is 0.100. The number of guanidine groups is 1. The predicted octanol–water partition coefficient (Wildman–Crippen LogP) is 1.61. The number of carbonyl (C=O) groups excluding carboxylic acids is 1. The third-order valence-electron chi connectivity index (χ3n) is 3.26. The number of amides is 1. The fourth-order valence-electron chi connectivity index (χ4n) is 2.16. The second-order valence-corrected chi connectivity index (χ2v) is 8.24. The molecule has 0 fully saturated rings. The van der Waals surface area contributed by atoms with Gasteiger partial charge in [-0.3, -0.25) is 4.79 Å². The average Bonchev–Trinajstić information content (AvgIpc) is 2.53. The van der Waals surface area contributed by atoms with Crippen molar-refractivity contribution in [3.63, 3.8) is 0 Å². The van der Waals surface area contributed by atoms with Gasteiger partial charge in [0.05, 0.1) is 4.90 Å². The lowest BCUT2D eigenvalue weighted by atomic mass is 10.0. The number of aliphatic imine (C=N–C) groups is 1. The molecule has 9 heteroatoms. The van der Waals surface area contributed by atoms with Gasteiger partial charge in [0, 0.05) is 22.9 Å². The first-order valence-corrected chi connectivity index (χ1v) is 10.0. The summed E-state index contributed by atoms with van der Waals surface area (Å²) in [6.07, 6.45) is 3.23. The molecule has 4 N–H and O–H groups in total. The van der Waals surface area contributed by atoms with Gasteiger partial charge in [-0.2, -0.15) is 4.99 Å². The summed E-state index contributed by atoms with van der Waals surface area (Å²) in [5.41, 5.74) is 11.3. The lowest BCUT2D eigenvalue weighted by Gasteiger charge is -2.13. The van der Waals surface area contributed by atoms with Crippen LogP contribution in [0.2, 0.25) is 0 Å². The molecule has 132 valence electrons. The normalized spacial score (nSPS) is 11.1. The van der Waals surface area contributed by atoms with Crippen LogP contribution in [-0.4, -0.2) is 31.5 Å². The van der Waals surface area contributed by atoms with Crippen molar-refractivity contribution in [2.45, 2.75) is 28.2 Å². The minimum Gasteiger partial charge on any atom is -0.370 e. The average molecular weight is 378 g/mol. The fraction of sp³-hybridized carbons (Fsp3) is 0.188. The van der Waals surface area contributed by atoms with Gasteiger partial charge in [0.1, 0.15) is 5.03 Å². The molecule has 0 spiro atoms. The molecular weight excluding hydrogens is 360 g/mol. The van der Waals surface area contributed by atoms with Crippen LogP contribution < -0.4 is 11.5 Å². The summed E-state index contributed by atoms with van der Waals surface area (Å²) >= 11 is 1.22. The Hall–Kier alpha value is -2.39. The molecule has 0 aliphatic rings. The molecule has 0 radical (unpaired) electrons. The third kappa shape index (κ3) is 4.80. The first kappa shape index (κ1) is 18.9. The van der Waals surface area contributed by atoms with E-state index in [-0.39, 0.29) is 16.4 Å². The van der Waals surface area contributed by atoms with Crippen molar-refractivity contribution < 1.29 is 13.2 Å². The molecule has 1 amide bonds. The molecule has 0 aliphatic heterocycles.